The molecule has 3 heterocycles. The van der Waals surface area contributed by atoms with Crippen LogP contribution in [0.5, 0.6) is 5.88 Å². The maximum absolute atomic E-state index is 12.3. The summed E-state index contributed by atoms with van der Waals surface area (Å²) in [5.41, 5.74) is -0.830. The molecular formula is C17H24N4O3S. The first kappa shape index (κ1) is 17.9. The standard InChI is InChI=1S/C17H24N4O3S/c1-2-12-6-3-4-8-20(12)9-5-7-18-14(22)13-15(23)19-17-21(16(13)24)10-11-25-17/h10-12,23H,2-9H2,1H3,(H,18,22)/t12-/m1/s1. The molecule has 1 atom stereocenters. The van der Waals surface area contributed by atoms with Crippen molar-refractivity contribution < 1.29 is 9.90 Å². The Morgan fingerprint density at radius 3 is 3.12 bits per heavy atom. The fourth-order valence-corrected chi connectivity index (χ4v) is 4.16. The summed E-state index contributed by atoms with van der Waals surface area (Å²) in [7, 11) is 0. The van der Waals surface area contributed by atoms with Crippen LogP contribution >= 0.6 is 11.3 Å². The minimum absolute atomic E-state index is 0.291. The van der Waals surface area contributed by atoms with Gasteiger partial charge in [0.2, 0.25) is 5.88 Å². The van der Waals surface area contributed by atoms with Crippen molar-refractivity contribution in [2.75, 3.05) is 19.6 Å². The van der Waals surface area contributed by atoms with Crippen molar-refractivity contribution in [2.24, 2.45) is 0 Å². The van der Waals surface area contributed by atoms with Gasteiger partial charge in [-0.3, -0.25) is 14.0 Å². The zero-order chi connectivity index (χ0) is 17.8. The molecule has 1 amide bonds. The van der Waals surface area contributed by atoms with Crippen LogP contribution in [-0.2, 0) is 0 Å². The lowest BCUT2D eigenvalue weighted by Gasteiger charge is -2.35. The molecule has 0 bridgehead atoms. The van der Waals surface area contributed by atoms with Gasteiger partial charge in [0, 0.05) is 30.7 Å². The van der Waals surface area contributed by atoms with Gasteiger partial charge in [-0.1, -0.05) is 13.3 Å². The van der Waals surface area contributed by atoms with E-state index in [1.807, 2.05) is 0 Å². The van der Waals surface area contributed by atoms with E-state index in [1.165, 1.54) is 35.0 Å². The van der Waals surface area contributed by atoms with Gasteiger partial charge in [-0.2, -0.15) is 4.98 Å². The molecule has 0 aromatic carbocycles. The molecule has 2 N–H and O–H groups in total. The van der Waals surface area contributed by atoms with E-state index in [0.717, 1.165) is 25.9 Å². The second kappa shape index (κ2) is 7.97. The van der Waals surface area contributed by atoms with Gasteiger partial charge in [0.1, 0.15) is 0 Å². The average molecular weight is 364 g/mol. The summed E-state index contributed by atoms with van der Waals surface area (Å²) in [5.74, 6) is -1.08. The molecule has 0 radical (unpaired) electrons. The Labute approximate surface area is 150 Å². The average Bonchev–Trinajstić information content (AvgIpc) is 3.07. The first-order valence-corrected chi connectivity index (χ1v) is 9.71. The Balaban J connectivity index is 1.57. The lowest BCUT2D eigenvalue weighted by molar-refractivity contribution is 0.0942. The second-order valence-corrected chi connectivity index (χ2v) is 7.25. The molecular weight excluding hydrogens is 340 g/mol. The molecule has 1 saturated heterocycles. The van der Waals surface area contributed by atoms with Gasteiger partial charge in [-0.15, -0.1) is 11.3 Å². The van der Waals surface area contributed by atoms with Crippen molar-refractivity contribution in [1.29, 1.82) is 0 Å². The van der Waals surface area contributed by atoms with Crippen LogP contribution in [0.25, 0.3) is 4.96 Å². The molecule has 1 aliphatic heterocycles. The van der Waals surface area contributed by atoms with Gasteiger partial charge in [0.25, 0.3) is 11.5 Å². The predicted molar refractivity (Wildman–Crippen MR) is 97.5 cm³/mol. The number of fused-ring (bicyclic) bond motifs is 1. The predicted octanol–water partition coefficient (Wildman–Crippen LogP) is 1.85. The summed E-state index contributed by atoms with van der Waals surface area (Å²) in [6.07, 6.45) is 7.31. The number of hydrogen-bond donors (Lipinski definition) is 2. The van der Waals surface area contributed by atoms with E-state index in [-0.39, 0.29) is 5.56 Å². The number of piperidine rings is 1. The number of hydrogen-bond acceptors (Lipinski definition) is 6. The Kier molecular flexibility index (Phi) is 5.70. The van der Waals surface area contributed by atoms with Crippen LogP contribution < -0.4 is 10.9 Å². The molecule has 2 aromatic heterocycles. The summed E-state index contributed by atoms with van der Waals surface area (Å²) in [6, 6.07) is 0.642. The van der Waals surface area contributed by atoms with E-state index in [0.29, 0.717) is 17.5 Å². The van der Waals surface area contributed by atoms with Crippen molar-refractivity contribution in [3.05, 3.63) is 27.5 Å². The number of nitrogens with zero attached hydrogens (tertiary/aromatic N) is 3. The number of carbonyl (C=O) groups is 1. The Bertz CT molecular complexity index is 801. The molecule has 136 valence electrons. The van der Waals surface area contributed by atoms with E-state index in [4.69, 9.17) is 0 Å². The van der Waals surface area contributed by atoms with Crippen LogP contribution in [0, 0.1) is 0 Å². The molecule has 0 spiro atoms. The summed E-state index contributed by atoms with van der Waals surface area (Å²) in [4.78, 5) is 31.4. The first-order chi connectivity index (χ1) is 12.1. The summed E-state index contributed by atoms with van der Waals surface area (Å²) >= 11 is 1.23. The lowest BCUT2D eigenvalue weighted by atomic mass is 10.00. The number of thiazole rings is 1. The lowest BCUT2D eigenvalue weighted by Crippen LogP contribution is -2.41. The van der Waals surface area contributed by atoms with Gasteiger partial charge < -0.3 is 15.3 Å². The van der Waals surface area contributed by atoms with Gasteiger partial charge in [0.05, 0.1) is 0 Å². The molecule has 0 saturated carbocycles. The molecule has 3 rings (SSSR count). The van der Waals surface area contributed by atoms with Crippen molar-refractivity contribution in [1.82, 2.24) is 19.6 Å². The van der Waals surface area contributed by atoms with Gasteiger partial charge in [-0.25, -0.2) is 0 Å². The molecule has 8 heteroatoms. The summed E-state index contributed by atoms with van der Waals surface area (Å²) in [5, 5.41) is 14.3. The molecule has 25 heavy (non-hydrogen) atoms. The van der Waals surface area contributed by atoms with Gasteiger partial charge in [0.15, 0.2) is 10.5 Å². The molecule has 1 aliphatic rings. The quantitative estimate of drug-likeness (QED) is 0.764. The van der Waals surface area contributed by atoms with Crippen LogP contribution in [0.2, 0.25) is 0 Å². The zero-order valence-electron chi connectivity index (χ0n) is 14.4. The number of nitrogens with one attached hydrogen (secondary N) is 1. The van der Waals surface area contributed by atoms with Crippen LogP contribution in [0.4, 0.5) is 0 Å². The van der Waals surface area contributed by atoms with Gasteiger partial charge in [-0.05, 0) is 32.2 Å². The van der Waals surface area contributed by atoms with Crippen LogP contribution in [0.3, 0.4) is 0 Å². The largest absolute Gasteiger partial charge is 0.492 e. The maximum atomic E-state index is 12.3. The van der Waals surface area contributed by atoms with Crippen molar-refractivity contribution in [3.8, 4) is 5.88 Å². The van der Waals surface area contributed by atoms with Crippen molar-refractivity contribution >= 4 is 22.2 Å². The number of amides is 1. The monoisotopic (exact) mass is 364 g/mol. The Morgan fingerprint density at radius 1 is 1.48 bits per heavy atom. The van der Waals surface area contributed by atoms with E-state index < -0.39 is 17.3 Å². The minimum Gasteiger partial charge on any atom is -0.492 e. The van der Waals surface area contributed by atoms with Crippen LogP contribution in [0.15, 0.2) is 16.4 Å². The highest BCUT2D eigenvalue weighted by atomic mass is 32.1. The minimum atomic E-state index is -0.568. The topological polar surface area (TPSA) is 86.9 Å². The number of likely N-dealkylation sites (tertiary alicyclic amines) is 1. The first-order valence-electron chi connectivity index (χ1n) is 8.83. The molecule has 1 fully saturated rings. The third-order valence-electron chi connectivity index (χ3n) is 4.80. The molecule has 2 aromatic rings. The van der Waals surface area contributed by atoms with Crippen LogP contribution in [-0.4, -0.2) is 51.0 Å². The smallest absolute Gasteiger partial charge is 0.275 e. The SMILES string of the molecule is CC[C@@H]1CCCCN1CCCNC(=O)c1c(O)nc2sccn2c1=O. The van der Waals surface area contributed by atoms with E-state index >= 15 is 0 Å². The number of aromatic nitrogens is 2. The maximum Gasteiger partial charge on any atom is 0.275 e. The van der Waals surface area contributed by atoms with Crippen molar-refractivity contribution in [2.45, 2.75) is 45.1 Å². The Morgan fingerprint density at radius 2 is 2.32 bits per heavy atom. The highest BCUT2D eigenvalue weighted by Gasteiger charge is 2.21. The summed E-state index contributed by atoms with van der Waals surface area (Å²) < 4.78 is 1.28. The number of aromatic hydroxyl groups is 1. The highest BCUT2D eigenvalue weighted by Crippen LogP contribution is 2.19. The molecule has 0 unspecified atom stereocenters. The summed E-state index contributed by atoms with van der Waals surface area (Å²) in [6.45, 7) is 4.74. The fourth-order valence-electron chi connectivity index (χ4n) is 3.46. The van der Waals surface area contributed by atoms with Crippen molar-refractivity contribution in [3.63, 3.8) is 0 Å². The van der Waals surface area contributed by atoms with Gasteiger partial charge >= 0.3 is 0 Å². The third-order valence-corrected chi connectivity index (χ3v) is 5.56. The number of carbonyl (C=O) groups excluding carboxylic acids is 1. The van der Waals surface area contributed by atoms with Crippen LogP contribution in [0.1, 0.15) is 49.4 Å². The second-order valence-electron chi connectivity index (χ2n) is 6.37. The highest BCUT2D eigenvalue weighted by molar-refractivity contribution is 7.15. The number of rotatable bonds is 6. The zero-order valence-corrected chi connectivity index (χ0v) is 15.2. The molecule has 7 nitrogen and oxygen atoms in total. The normalized spacial score (nSPS) is 18.5. The van der Waals surface area contributed by atoms with E-state index in [9.17, 15) is 14.7 Å². The van der Waals surface area contributed by atoms with E-state index in [2.05, 4.69) is 22.1 Å². The molecule has 0 aliphatic carbocycles. The van der Waals surface area contributed by atoms with E-state index in [1.54, 1.807) is 11.6 Å². The Hall–Kier alpha value is -1.93. The fraction of sp³-hybridized carbons (Fsp3) is 0.588. The third kappa shape index (κ3) is 3.85.